The third kappa shape index (κ3) is 2.54. The van der Waals surface area contributed by atoms with Gasteiger partial charge in [0.15, 0.2) is 0 Å². The van der Waals surface area contributed by atoms with Gasteiger partial charge < -0.3 is 10.3 Å². The molecule has 1 aromatic heterocycles. The summed E-state index contributed by atoms with van der Waals surface area (Å²) in [4.78, 5) is 3.25. The predicted molar refractivity (Wildman–Crippen MR) is 80.0 cm³/mol. The zero-order valence-electron chi connectivity index (χ0n) is 11.1. The number of H-pyrrole nitrogens is 1. The first kappa shape index (κ1) is 12.0. The number of nitrogens with one attached hydrogen (secondary N) is 2. The molecule has 2 N–H and O–H groups in total. The predicted octanol–water partition coefficient (Wildman–Crippen LogP) is 4.02. The smallest absolute Gasteiger partial charge is 0.0457 e. The summed E-state index contributed by atoms with van der Waals surface area (Å²) in [5.41, 5.74) is 3.86. The van der Waals surface area contributed by atoms with Crippen molar-refractivity contribution in [1.82, 2.24) is 10.3 Å². The third-order valence-electron chi connectivity index (χ3n) is 3.58. The fourth-order valence-electron chi connectivity index (χ4n) is 2.43. The first-order valence-electron chi connectivity index (χ1n) is 6.68. The van der Waals surface area contributed by atoms with Gasteiger partial charge in [-0.1, -0.05) is 42.5 Å². The normalized spacial score (nSPS) is 12.7. The van der Waals surface area contributed by atoms with E-state index >= 15 is 0 Å². The SMILES string of the molecule is C[C@@H](NCc1cccc2[nH]ccc12)c1ccccc1. The summed E-state index contributed by atoms with van der Waals surface area (Å²) in [5.74, 6) is 0. The molecule has 2 nitrogen and oxygen atoms in total. The summed E-state index contributed by atoms with van der Waals surface area (Å²) in [6, 6.07) is 19.4. The molecule has 0 fully saturated rings. The molecule has 0 aliphatic rings. The maximum Gasteiger partial charge on any atom is 0.0457 e. The Morgan fingerprint density at radius 3 is 2.68 bits per heavy atom. The molecule has 3 aromatic rings. The highest BCUT2D eigenvalue weighted by Crippen LogP contribution is 2.18. The molecule has 0 spiro atoms. The summed E-state index contributed by atoms with van der Waals surface area (Å²) >= 11 is 0. The molecule has 96 valence electrons. The Balaban J connectivity index is 1.74. The summed E-state index contributed by atoms with van der Waals surface area (Å²) in [5, 5.41) is 4.88. The lowest BCUT2D eigenvalue weighted by molar-refractivity contribution is 0.576. The van der Waals surface area contributed by atoms with Crippen LogP contribution in [0.5, 0.6) is 0 Å². The maximum absolute atomic E-state index is 3.58. The number of benzene rings is 2. The standard InChI is InChI=1S/C17H18N2/c1-13(14-6-3-2-4-7-14)19-12-15-8-5-9-17-16(15)10-11-18-17/h2-11,13,18-19H,12H2,1H3/t13-/m1/s1. The number of aromatic nitrogens is 1. The number of fused-ring (bicyclic) bond motifs is 1. The highest BCUT2D eigenvalue weighted by molar-refractivity contribution is 5.82. The van der Waals surface area contributed by atoms with Gasteiger partial charge in [-0.25, -0.2) is 0 Å². The van der Waals surface area contributed by atoms with Crippen molar-refractivity contribution in [3.8, 4) is 0 Å². The molecular weight excluding hydrogens is 232 g/mol. The van der Waals surface area contributed by atoms with Gasteiger partial charge >= 0.3 is 0 Å². The van der Waals surface area contributed by atoms with Crippen LogP contribution in [-0.4, -0.2) is 4.98 Å². The van der Waals surface area contributed by atoms with Crippen molar-refractivity contribution in [2.45, 2.75) is 19.5 Å². The molecule has 0 unspecified atom stereocenters. The van der Waals surface area contributed by atoms with Gasteiger partial charge in [-0.15, -0.1) is 0 Å². The quantitative estimate of drug-likeness (QED) is 0.719. The molecule has 0 aliphatic heterocycles. The van der Waals surface area contributed by atoms with Gasteiger partial charge in [-0.05, 0) is 30.2 Å². The Labute approximate surface area is 113 Å². The average molecular weight is 250 g/mol. The van der Waals surface area contributed by atoms with E-state index < -0.39 is 0 Å². The molecule has 1 atom stereocenters. The zero-order valence-corrected chi connectivity index (χ0v) is 11.1. The maximum atomic E-state index is 3.58. The molecule has 0 radical (unpaired) electrons. The average Bonchev–Trinajstić information content (AvgIpc) is 2.94. The minimum atomic E-state index is 0.357. The number of aromatic amines is 1. The van der Waals surface area contributed by atoms with Crippen LogP contribution in [0.15, 0.2) is 60.8 Å². The molecule has 0 aliphatic carbocycles. The molecule has 19 heavy (non-hydrogen) atoms. The van der Waals surface area contributed by atoms with E-state index in [9.17, 15) is 0 Å². The minimum absolute atomic E-state index is 0.357. The Morgan fingerprint density at radius 2 is 1.84 bits per heavy atom. The second kappa shape index (κ2) is 5.29. The Bertz CT molecular complexity index is 655. The molecule has 2 aromatic carbocycles. The highest BCUT2D eigenvalue weighted by atomic mass is 14.9. The Hall–Kier alpha value is -2.06. The lowest BCUT2D eigenvalue weighted by atomic mass is 10.1. The van der Waals surface area contributed by atoms with Crippen molar-refractivity contribution in [1.29, 1.82) is 0 Å². The fourth-order valence-corrected chi connectivity index (χ4v) is 2.43. The van der Waals surface area contributed by atoms with Gasteiger partial charge in [0, 0.05) is 29.7 Å². The van der Waals surface area contributed by atoms with Crippen LogP contribution >= 0.6 is 0 Å². The Kier molecular flexibility index (Phi) is 3.34. The van der Waals surface area contributed by atoms with Gasteiger partial charge in [0.1, 0.15) is 0 Å². The van der Waals surface area contributed by atoms with Gasteiger partial charge in [0.05, 0.1) is 0 Å². The van der Waals surface area contributed by atoms with Crippen molar-refractivity contribution in [2.75, 3.05) is 0 Å². The topological polar surface area (TPSA) is 27.8 Å². The number of rotatable bonds is 4. The zero-order chi connectivity index (χ0) is 13.1. The van der Waals surface area contributed by atoms with Crippen LogP contribution < -0.4 is 5.32 Å². The summed E-state index contributed by atoms with van der Waals surface area (Å²) < 4.78 is 0. The minimum Gasteiger partial charge on any atom is -0.361 e. The van der Waals surface area contributed by atoms with Crippen LogP contribution in [0.3, 0.4) is 0 Å². The van der Waals surface area contributed by atoms with Crippen LogP contribution in [0, 0.1) is 0 Å². The van der Waals surface area contributed by atoms with Crippen molar-refractivity contribution in [2.24, 2.45) is 0 Å². The molecule has 1 heterocycles. The lowest BCUT2D eigenvalue weighted by Crippen LogP contribution is -2.18. The first-order chi connectivity index (χ1) is 9.34. The first-order valence-corrected chi connectivity index (χ1v) is 6.68. The molecule has 0 bridgehead atoms. The van der Waals surface area contributed by atoms with Crippen LogP contribution in [0.25, 0.3) is 10.9 Å². The molecule has 3 rings (SSSR count). The number of hydrogen-bond acceptors (Lipinski definition) is 1. The molecule has 0 saturated heterocycles. The van der Waals surface area contributed by atoms with E-state index in [0.717, 1.165) is 6.54 Å². The third-order valence-corrected chi connectivity index (χ3v) is 3.58. The van der Waals surface area contributed by atoms with E-state index in [1.165, 1.54) is 22.0 Å². The lowest BCUT2D eigenvalue weighted by Gasteiger charge is -2.14. The van der Waals surface area contributed by atoms with Gasteiger partial charge in [0.25, 0.3) is 0 Å². The van der Waals surface area contributed by atoms with Crippen molar-refractivity contribution in [3.63, 3.8) is 0 Å². The second-order valence-electron chi connectivity index (χ2n) is 4.87. The fraction of sp³-hybridized carbons (Fsp3) is 0.176. The van der Waals surface area contributed by atoms with Crippen molar-refractivity contribution < 1.29 is 0 Å². The van der Waals surface area contributed by atoms with Crippen LogP contribution in [0.1, 0.15) is 24.1 Å². The van der Waals surface area contributed by atoms with E-state index in [-0.39, 0.29) is 0 Å². The molecular formula is C17H18N2. The number of hydrogen-bond donors (Lipinski definition) is 2. The molecule has 2 heteroatoms. The summed E-state index contributed by atoms with van der Waals surface area (Å²) in [7, 11) is 0. The summed E-state index contributed by atoms with van der Waals surface area (Å²) in [6.07, 6.45) is 1.99. The van der Waals surface area contributed by atoms with Gasteiger partial charge in [-0.3, -0.25) is 0 Å². The van der Waals surface area contributed by atoms with E-state index in [2.05, 4.69) is 71.8 Å². The van der Waals surface area contributed by atoms with Gasteiger partial charge in [-0.2, -0.15) is 0 Å². The van der Waals surface area contributed by atoms with Crippen LogP contribution in [0.2, 0.25) is 0 Å². The van der Waals surface area contributed by atoms with E-state index in [1.54, 1.807) is 0 Å². The van der Waals surface area contributed by atoms with E-state index in [0.29, 0.717) is 6.04 Å². The summed E-state index contributed by atoms with van der Waals surface area (Å²) in [6.45, 7) is 3.08. The molecule has 0 saturated carbocycles. The molecule has 0 amide bonds. The highest BCUT2D eigenvalue weighted by Gasteiger charge is 2.06. The van der Waals surface area contributed by atoms with Gasteiger partial charge in [0.2, 0.25) is 0 Å². The second-order valence-corrected chi connectivity index (χ2v) is 4.87. The van der Waals surface area contributed by atoms with Crippen LogP contribution in [0.4, 0.5) is 0 Å². The van der Waals surface area contributed by atoms with Crippen molar-refractivity contribution in [3.05, 3.63) is 71.9 Å². The Morgan fingerprint density at radius 1 is 1.00 bits per heavy atom. The van der Waals surface area contributed by atoms with Crippen LogP contribution in [-0.2, 0) is 6.54 Å². The monoisotopic (exact) mass is 250 g/mol. The van der Waals surface area contributed by atoms with Crippen molar-refractivity contribution >= 4 is 10.9 Å². The largest absolute Gasteiger partial charge is 0.361 e. The van der Waals surface area contributed by atoms with E-state index in [1.807, 2.05) is 6.20 Å². The van der Waals surface area contributed by atoms with E-state index in [4.69, 9.17) is 0 Å².